The van der Waals surface area contributed by atoms with Gasteiger partial charge in [0.05, 0.1) is 34.5 Å². The lowest BCUT2D eigenvalue weighted by molar-refractivity contribution is -0.144. The second kappa shape index (κ2) is 12.7. The van der Waals surface area contributed by atoms with Crippen molar-refractivity contribution in [3.05, 3.63) is 72.0 Å². The minimum absolute atomic E-state index is 0.0564. The standard InChI is InChI=1S/C28H26F6N2O6S/c1-17(41-16-26(37)38)7-8-35-9-10-36(43(39,40)23-4-2-3-20(14-23)28(32,33)34)25-13-18(5-6-24(25)35)19-11-21(29)15-22(12-19)42-27(30)31/h2-6,11-15,17,27H,7-10,16H2,1H3,(H,37,38). The Kier molecular flexibility index (Phi) is 9.44. The van der Waals surface area contributed by atoms with Crippen molar-refractivity contribution in [2.75, 3.05) is 35.4 Å². The summed E-state index contributed by atoms with van der Waals surface area (Å²) in [4.78, 5) is 12.0. The van der Waals surface area contributed by atoms with Crippen molar-refractivity contribution >= 4 is 27.4 Å². The van der Waals surface area contributed by atoms with Gasteiger partial charge >= 0.3 is 18.8 Å². The smallest absolute Gasteiger partial charge is 0.416 e. The number of anilines is 2. The van der Waals surface area contributed by atoms with Crippen molar-refractivity contribution in [3.63, 3.8) is 0 Å². The maximum atomic E-state index is 14.3. The van der Waals surface area contributed by atoms with Gasteiger partial charge in [0.1, 0.15) is 18.2 Å². The minimum Gasteiger partial charge on any atom is -0.480 e. The van der Waals surface area contributed by atoms with E-state index in [9.17, 15) is 39.6 Å². The van der Waals surface area contributed by atoms with Crippen LogP contribution >= 0.6 is 0 Å². The highest BCUT2D eigenvalue weighted by Crippen LogP contribution is 2.41. The Morgan fingerprint density at radius 3 is 2.42 bits per heavy atom. The maximum Gasteiger partial charge on any atom is 0.416 e. The predicted octanol–water partition coefficient (Wildman–Crippen LogP) is 6.01. The monoisotopic (exact) mass is 632 g/mol. The molecule has 43 heavy (non-hydrogen) atoms. The van der Waals surface area contributed by atoms with Crippen LogP contribution in [0.15, 0.2) is 65.6 Å². The summed E-state index contributed by atoms with van der Waals surface area (Å²) in [6, 6.07) is 10.7. The predicted molar refractivity (Wildman–Crippen MR) is 144 cm³/mol. The summed E-state index contributed by atoms with van der Waals surface area (Å²) >= 11 is 0. The lowest BCUT2D eigenvalue weighted by atomic mass is 10.0. The molecule has 1 unspecified atom stereocenters. The molecule has 4 rings (SSSR count). The molecule has 1 aliphatic heterocycles. The number of alkyl halides is 5. The van der Waals surface area contributed by atoms with E-state index in [1.165, 1.54) is 18.2 Å². The number of sulfonamides is 1. The average molecular weight is 633 g/mol. The number of carbonyl (C=O) groups is 1. The van der Waals surface area contributed by atoms with E-state index in [2.05, 4.69) is 4.74 Å². The van der Waals surface area contributed by atoms with Crippen LogP contribution in [-0.2, 0) is 25.7 Å². The molecule has 1 atom stereocenters. The molecule has 8 nitrogen and oxygen atoms in total. The zero-order valence-electron chi connectivity index (χ0n) is 22.5. The van der Waals surface area contributed by atoms with Gasteiger partial charge in [-0.2, -0.15) is 22.0 Å². The van der Waals surface area contributed by atoms with Gasteiger partial charge in [-0.3, -0.25) is 4.31 Å². The summed E-state index contributed by atoms with van der Waals surface area (Å²) in [5.74, 6) is -2.50. The highest BCUT2D eigenvalue weighted by Gasteiger charge is 2.36. The fraction of sp³-hybridized carbons (Fsp3) is 0.321. The van der Waals surface area contributed by atoms with E-state index < -0.39 is 63.5 Å². The van der Waals surface area contributed by atoms with Crippen LogP contribution in [-0.4, -0.2) is 58.5 Å². The number of ether oxygens (including phenoxy) is 2. The fourth-order valence-electron chi connectivity index (χ4n) is 4.60. The molecule has 1 N–H and O–H groups in total. The molecule has 232 valence electrons. The average Bonchev–Trinajstić information content (AvgIpc) is 2.93. The molecule has 0 radical (unpaired) electrons. The molecule has 0 aliphatic carbocycles. The van der Waals surface area contributed by atoms with Gasteiger partial charge in [0.25, 0.3) is 10.0 Å². The Balaban J connectivity index is 1.76. The van der Waals surface area contributed by atoms with Crippen molar-refractivity contribution in [2.45, 2.75) is 37.1 Å². The van der Waals surface area contributed by atoms with Crippen LogP contribution in [0.4, 0.5) is 37.7 Å². The van der Waals surface area contributed by atoms with Gasteiger partial charge in [-0.25, -0.2) is 17.6 Å². The summed E-state index contributed by atoms with van der Waals surface area (Å²) in [5, 5.41) is 8.84. The number of carboxylic acid groups (broad SMARTS) is 1. The van der Waals surface area contributed by atoms with Crippen LogP contribution in [0.3, 0.4) is 0 Å². The van der Waals surface area contributed by atoms with E-state index in [1.54, 1.807) is 11.8 Å². The molecule has 0 saturated heterocycles. The first kappa shape index (κ1) is 31.9. The van der Waals surface area contributed by atoms with Crippen molar-refractivity contribution in [1.82, 2.24) is 0 Å². The number of rotatable bonds is 11. The molecule has 1 aliphatic rings. The number of carboxylic acids is 1. The third kappa shape index (κ3) is 7.70. The molecule has 3 aromatic rings. The van der Waals surface area contributed by atoms with Crippen LogP contribution in [0, 0.1) is 5.82 Å². The topological polar surface area (TPSA) is 96.4 Å². The van der Waals surface area contributed by atoms with Crippen LogP contribution in [0.1, 0.15) is 18.9 Å². The molecule has 1 heterocycles. The third-order valence-corrected chi connectivity index (χ3v) is 8.44. The van der Waals surface area contributed by atoms with Crippen molar-refractivity contribution in [3.8, 4) is 16.9 Å². The van der Waals surface area contributed by atoms with E-state index >= 15 is 0 Å². The fourth-order valence-corrected chi connectivity index (χ4v) is 6.11. The SMILES string of the molecule is CC(CCN1CCN(S(=O)(=O)c2cccc(C(F)(F)F)c2)c2cc(-c3cc(F)cc(OC(F)F)c3)ccc21)OCC(=O)O. The summed E-state index contributed by atoms with van der Waals surface area (Å²) in [6.45, 7) is -1.80. The van der Waals surface area contributed by atoms with E-state index in [0.29, 0.717) is 24.7 Å². The van der Waals surface area contributed by atoms with Crippen LogP contribution < -0.4 is 13.9 Å². The Morgan fingerprint density at radius 2 is 1.74 bits per heavy atom. The van der Waals surface area contributed by atoms with Crippen molar-refractivity contribution in [2.24, 2.45) is 0 Å². The lowest BCUT2D eigenvalue weighted by Gasteiger charge is -2.39. The molecule has 0 bridgehead atoms. The Hall–Kier alpha value is -3.98. The lowest BCUT2D eigenvalue weighted by Crippen LogP contribution is -2.45. The number of halogens is 6. The molecule has 3 aromatic carbocycles. The molecule has 0 fully saturated rings. The Labute approximate surface area is 243 Å². The van der Waals surface area contributed by atoms with Crippen molar-refractivity contribution in [1.29, 1.82) is 0 Å². The van der Waals surface area contributed by atoms with Crippen LogP contribution in [0.25, 0.3) is 11.1 Å². The molecule has 15 heteroatoms. The van der Waals surface area contributed by atoms with E-state index in [0.717, 1.165) is 40.7 Å². The van der Waals surface area contributed by atoms with Gasteiger partial charge in [0.15, 0.2) is 0 Å². The highest BCUT2D eigenvalue weighted by molar-refractivity contribution is 7.92. The van der Waals surface area contributed by atoms with Gasteiger partial charge in [-0.05, 0) is 66.9 Å². The maximum absolute atomic E-state index is 14.3. The first-order chi connectivity index (χ1) is 20.1. The molecule has 0 amide bonds. The largest absolute Gasteiger partial charge is 0.480 e. The van der Waals surface area contributed by atoms with Gasteiger partial charge in [0, 0.05) is 19.2 Å². The van der Waals surface area contributed by atoms with Gasteiger partial charge in [0.2, 0.25) is 0 Å². The Morgan fingerprint density at radius 1 is 1.00 bits per heavy atom. The first-order valence-corrected chi connectivity index (χ1v) is 14.3. The van der Waals surface area contributed by atoms with Crippen LogP contribution in [0.2, 0.25) is 0 Å². The second-order valence-electron chi connectivity index (χ2n) is 9.65. The zero-order chi connectivity index (χ0) is 31.5. The summed E-state index contributed by atoms with van der Waals surface area (Å²) in [5.41, 5.74) is -0.413. The highest BCUT2D eigenvalue weighted by atomic mass is 32.2. The quantitative estimate of drug-likeness (QED) is 0.259. The molecular weight excluding hydrogens is 606 g/mol. The van der Waals surface area contributed by atoms with Gasteiger partial charge < -0.3 is 19.5 Å². The Bertz CT molecular complexity index is 1580. The zero-order valence-corrected chi connectivity index (χ0v) is 23.3. The van der Waals surface area contributed by atoms with E-state index in [1.807, 2.05) is 0 Å². The number of aliphatic carboxylic acids is 1. The molecular formula is C28H26F6N2O6S. The van der Waals surface area contributed by atoms with E-state index in [-0.39, 0.29) is 29.9 Å². The second-order valence-corrected chi connectivity index (χ2v) is 11.5. The van der Waals surface area contributed by atoms with Crippen molar-refractivity contribution < 1.29 is 54.1 Å². The molecule has 0 spiro atoms. The van der Waals surface area contributed by atoms with Gasteiger partial charge in [-0.1, -0.05) is 12.1 Å². The third-order valence-electron chi connectivity index (χ3n) is 6.63. The first-order valence-electron chi connectivity index (χ1n) is 12.8. The minimum atomic E-state index is -4.79. The van der Waals surface area contributed by atoms with Crippen LogP contribution in [0.5, 0.6) is 5.75 Å². The normalized spacial score (nSPS) is 14.5. The summed E-state index contributed by atoms with van der Waals surface area (Å²) < 4.78 is 118. The van der Waals surface area contributed by atoms with Gasteiger partial charge in [-0.15, -0.1) is 0 Å². The number of nitrogens with zero attached hydrogens (tertiary/aromatic N) is 2. The number of benzene rings is 3. The molecule has 0 aromatic heterocycles. The summed E-state index contributed by atoms with van der Waals surface area (Å²) in [7, 11) is -4.54. The number of hydrogen-bond acceptors (Lipinski definition) is 6. The summed E-state index contributed by atoms with van der Waals surface area (Å²) in [6.07, 6.45) is -4.90. The van der Waals surface area contributed by atoms with E-state index in [4.69, 9.17) is 9.84 Å². The number of fused-ring (bicyclic) bond motifs is 1. The molecule has 0 saturated carbocycles. The number of hydrogen-bond donors (Lipinski definition) is 1.